The van der Waals surface area contributed by atoms with Crippen LogP contribution in [0.3, 0.4) is 0 Å². The van der Waals surface area contributed by atoms with Crippen molar-refractivity contribution in [2.75, 3.05) is 14.2 Å². The summed E-state index contributed by atoms with van der Waals surface area (Å²) >= 11 is 0. The van der Waals surface area contributed by atoms with Crippen LogP contribution in [-0.2, 0) is 9.63 Å². The maximum absolute atomic E-state index is 11.7. The fourth-order valence-electron chi connectivity index (χ4n) is 1.18. The predicted octanol–water partition coefficient (Wildman–Crippen LogP) is 0.953. The molecule has 7 nitrogen and oxygen atoms in total. The van der Waals surface area contributed by atoms with Gasteiger partial charge < -0.3 is 15.0 Å². The van der Waals surface area contributed by atoms with Crippen LogP contribution in [0.15, 0.2) is 28.6 Å². The van der Waals surface area contributed by atoms with E-state index in [1.807, 2.05) is 0 Å². The van der Waals surface area contributed by atoms with Crippen molar-refractivity contribution in [3.8, 4) is 5.75 Å². The molecule has 0 atom stereocenters. The Hall–Kier alpha value is -2.44. The van der Waals surface area contributed by atoms with Gasteiger partial charge in [0.15, 0.2) is 11.5 Å². The van der Waals surface area contributed by atoms with Crippen LogP contribution < -0.4 is 10.2 Å². The van der Waals surface area contributed by atoms with Crippen molar-refractivity contribution < 1.29 is 14.5 Å². The largest absolute Gasteiger partial charge is 0.398 e. The Bertz CT molecular complexity index is 507. The van der Waals surface area contributed by atoms with Crippen LogP contribution in [0.4, 0.5) is 0 Å². The average molecular weight is 264 g/mol. The third-order valence-electron chi connectivity index (χ3n) is 1.95. The van der Waals surface area contributed by atoms with Gasteiger partial charge in [-0.2, -0.15) is 0 Å². The van der Waals surface area contributed by atoms with Crippen LogP contribution in [-0.4, -0.2) is 36.5 Å². The number of aromatic nitrogens is 1. The minimum atomic E-state index is -0.428. The lowest BCUT2D eigenvalue weighted by Crippen LogP contribution is -2.29. The second kappa shape index (κ2) is 7.10. The quantitative estimate of drug-likeness (QED) is 0.634. The number of pyridine rings is 1. The van der Waals surface area contributed by atoms with Gasteiger partial charge in [-0.15, -0.1) is 0 Å². The van der Waals surface area contributed by atoms with Crippen LogP contribution in [0.2, 0.25) is 0 Å². The number of amides is 1. The van der Waals surface area contributed by atoms with Gasteiger partial charge in [0.2, 0.25) is 0 Å². The molecule has 0 bridgehead atoms. The highest BCUT2D eigenvalue weighted by atomic mass is 16.6. The SMILES string of the molecule is CNC(=O)/C(=N\OC)c1ncccc1ON=C(C)C. The third kappa shape index (κ3) is 4.06. The Morgan fingerprint density at radius 2 is 2.11 bits per heavy atom. The van der Waals surface area contributed by atoms with Crippen molar-refractivity contribution in [2.45, 2.75) is 13.8 Å². The number of oxime groups is 2. The van der Waals surface area contributed by atoms with E-state index in [2.05, 4.69) is 25.4 Å². The normalized spacial score (nSPS) is 10.6. The highest BCUT2D eigenvalue weighted by Crippen LogP contribution is 2.17. The van der Waals surface area contributed by atoms with E-state index in [0.29, 0.717) is 5.75 Å². The summed E-state index contributed by atoms with van der Waals surface area (Å²) in [7, 11) is 2.84. The number of nitrogens with zero attached hydrogens (tertiary/aromatic N) is 3. The summed E-state index contributed by atoms with van der Waals surface area (Å²) in [4.78, 5) is 25.7. The maximum atomic E-state index is 11.7. The average Bonchev–Trinajstić information content (AvgIpc) is 2.42. The highest BCUT2D eigenvalue weighted by molar-refractivity contribution is 6.45. The van der Waals surface area contributed by atoms with Gasteiger partial charge in [0.25, 0.3) is 5.91 Å². The molecule has 1 amide bonds. The summed E-state index contributed by atoms with van der Waals surface area (Å²) in [6.07, 6.45) is 1.53. The molecule has 0 aliphatic heterocycles. The molecular weight excluding hydrogens is 248 g/mol. The molecule has 1 N–H and O–H groups in total. The second-order valence-electron chi connectivity index (χ2n) is 3.68. The molecule has 0 aliphatic rings. The lowest BCUT2D eigenvalue weighted by molar-refractivity contribution is -0.114. The number of hydrogen-bond acceptors (Lipinski definition) is 6. The third-order valence-corrected chi connectivity index (χ3v) is 1.95. The number of nitrogens with one attached hydrogen (secondary N) is 1. The highest BCUT2D eigenvalue weighted by Gasteiger charge is 2.20. The first-order valence-corrected chi connectivity index (χ1v) is 5.57. The molecule has 0 aromatic carbocycles. The Kier molecular flexibility index (Phi) is 5.46. The van der Waals surface area contributed by atoms with Gasteiger partial charge in [0.05, 0.1) is 5.71 Å². The van der Waals surface area contributed by atoms with Gasteiger partial charge in [0.1, 0.15) is 12.8 Å². The first kappa shape index (κ1) is 14.6. The smallest absolute Gasteiger partial charge is 0.275 e. The molecule has 1 rings (SSSR count). The predicted molar refractivity (Wildman–Crippen MR) is 71.3 cm³/mol. The van der Waals surface area contributed by atoms with Crippen LogP contribution in [0.25, 0.3) is 0 Å². The molecule has 7 heteroatoms. The van der Waals surface area contributed by atoms with Crippen molar-refractivity contribution in [1.29, 1.82) is 0 Å². The number of likely N-dealkylation sites (N-methyl/N-ethyl adjacent to an activating group) is 1. The summed E-state index contributed by atoms with van der Waals surface area (Å²) in [5.41, 5.74) is 1.01. The van der Waals surface area contributed by atoms with Crippen molar-refractivity contribution in [3.63, 3.8) is 0 Å². The molecular formula is C12H16N4O3. The monoisotopic (exact) mass is 264 g/mol. The zero-order chi connectivity index (χ0) is 14.3. The molecule has 0 radical (unpaired) electrons. The molecule has 0 aliphatic carbocycles. The van der Waals surface area contributed by atoms with Gasteiger partial charge in [-0.1, -0.05) is 10.3 Å². The molecule has 0 saturated heterocycles. The zero-order valence-corrected chi connectivity index (χ0v) is 11.3. The van der Waals surface area contributed by atoms with Crippen LogP contribution in [0.1, 0.15) is 19.5 Å². The van der Waals surface area contributed by atoms with Crippen molar-refractivity contribution in [1.82, 2.24) is 10.3 Å². The molecule has 0 fully saturated rings. The molecule has 19 heavy (non-hydrogen) atoms. The minimum Gasteiger partial charge on any atom is -0.398 e. The van der Waals surface area contributed by atoms with E-state index in [-0.39, 0.29) is 11.4 Å². The maximum Gasteiger partial charge on any atom is 0.275 e. The Morgan fingerprint density at radius 1 is 1.37 bits per heavy atom. The Morgan fingerprint density at radius 3 is 2.68 bits per heavy atom. The topological polar surface area (TPSA) is 85.2 Å². The zero-order valence-electron chi connectivity index (χ0n) is 11.3. The van der Waals surface area contributed by atoms with Gasteiger partial charge in [-0.3, -0.25) is 9.78 Å². The van der Waals surface area contributed by atoms with Gasteiger partial charge in [-0.25, -0.2) is 0 Å². The standard InChI is InChI=1S/C12H16N4O3/c1-8(2)15-19-9-6-5-7-14-10(9)11(16-18-4)12(17)13-3/h5-7H,1-4H3,(H,13,17)/b16-11-. The minimum absolute atomic E-state index is 0.0181. The van der Waals surface area contributed by atoms with E-state index >= 15 is 0 Å². The summed E-state index contributed by atoms with van der Waals surface area (Å²) in [6.45, 7) is 3.58. The van der Waals surface area contributed by atoms with Gasteiger partial charge in [-0.05, 0) is 26.0 Å². The fourth-order valence-corrected chi connectivity index (χ4v) is 1.18. The van der Waals surface area contributed by atoms with Crippen LogP contribution >= 0.6 is 0 Å². The molecule has 0 unspecified atom stereocenters. The first-order valence-electron chi connectivity index (χ1n) is 5.57. The van der Waals surface area contributed by atoms with E-state index in [0.717, 1.165) is 5.71 Å². The molecule has 1 aromatic rings. The van der Waals surface area contributed by atoms with Crippen molar-refractivity contribution >= 4 is 17.3 Å². The van der Waals surface area contributed by atoms with Crippen LogP contribution in [0, 0.1) is 0 Å². The van der Waals surface area contributed by atoms with Crippen molar-refractivity contribution in [2.24, 2.45) is 10.3 Å². The first-order chi connectivity index (χ1) is 9.10. The lowest BCUT2D eigenvalue weighted by atomic mass is 10.2. The van der Waals surface area contributed by atoms with Crippen LogP contribution in [0.5, 0.6) is 5.75 Å². The molecule has 1 aromatic heterocycles. The van der Waals surface area contributed by atoms with Crippen molar-refractivity contribution in [3.05, 3.63) is 24.0 Å². The lowest BCUT2D eigenvalue weighted by Gasteiger charge is -2.07. The fraction of sp³-hybridized carbons (Fsp3) is 0.333. The summed E-state index contributed by atoms with van der Waals surface area (Å²) in [5, 5.41) is 9.96. The second-order valence-corrected chi connectivity index (χ2v) is 3.68. The Labute approximate surface area is 111 Å². The summed E-state index contributed by atoms with van der Waals surface area (Å²) in [6, 6.07) is 3.32. The number of hydrogen-bond donors (Lipinski definition) is 1. The van der Waals surface area contributed by atoms with E-state index in [9.17, 15) is 4.79 Å². The molecule has 0 spiro atoms. The van der Waals surface area contributed by atoms with E-state index in [1.54, 1.807) is 26.0 Å². The number of carbonyl (C=O) groups is 1. The van der Waals surface area contributed by atoms with Gasteiger partial charge in [0, 0.05) is 13.2 Å². The van der Waals surface area contributed by atoms with E-state index in [1.165, 1.54) is 20.4 Å². The number of carbonyl (C=O) groups excluding carboxylic acids is 1. The van der Waals surface area contributed by atoms with E-state index in [4.69, 9.17) is 4.84 Å². The number of rotatable bonds is 5. The molecule has 0 saturated carbocycles. The molecule has 1 heterocycles. The Balaban J connectivity index is 3.20. The van der Waals surface area contributed by atoms with Gasteiger partial charge >= 0.3 is 0 Å². The molecule has 102 valence electrons. The summed E-state index contributed by atoms with van der Waals surface area (Å²) in [5.74, 6) is -0.106. The summed E-state index contributed by atoms with van der Waals surface area (Å²) < 4.78 is 0. The van der Waals surface area contributed by atoms with E-state index < -0.39 is 5.91 Å².